The van der Waals surface area contributed by atoms with E-state index in [1.165, 1.54) is 0 Å². The molecule has 3 rings (SSSR count). The largest absolute Gasteiger partial charge is 0.508 e. The number of benzene rings is 3. The summed E-state index contributed by atoms with van der Waals surface area (Å²) < 4.78 is 0. The first-order valence-electron chi connectivity index (χ1n) is 9.54. The third kappa shape index (κ3) is 4.87. The highest BCUT2D eigenvalue weighted by atomic mass is 35.5. The predicted molar refractivity (Wildman–Crippen MR) is 121 cm³/mol. The summed E-state index contributed by atoms with van der Waals surface area (Å²) in [6, 6.07) is 20.3. The van der Waals surface area contributed by atoms with E-state index in [4.69, 9.17) is 11.6 Å². The molecule has 0 spiro atoms. The fraction of sp³-hybridized carbons (Fsp3) is 0.160. The first-order chi connectivity index (χ1) is 13.9. The van der Waals surface area contributed by atoms with Crippen LogP contribution >= 0.6 is 11.6 Å². The Kier molecular flexibility index (Phi) is 6.40. The molecule has 0 aliphatic heterocycles. The molecule has 4 heteroatoms. The van der Waals surface area contributed by atoms with E-state index >= 15 is 0 Å². The first-order valence-corrected chi connectivity index (χ1v) is 9.91. The molecule has 29 heavy (non-hydrogen) atoms. The first kappa shape index (κ1) is 20.7. The summed E-state index contributed by atoms with van der Waals surface area (Å²) in [6.45, 7) is 5.93. The van der Waals surface area contributed by atoms with Crippen LogP contribution in [0, 0.1) is 12.8 Å². The second-order valence-corrected chi connectivity index (χ2v) is 7.71. The van der Waals surface area contributed by atoms with Gasteiger partial charge in [0, 0.05) is 28.1 Å². The maximum Gasteiger partial charge on any atom is 0.194 e. The molecule has 0 heterocycles. The van der Waals surface area contributed by atoms with Crippen LogP contribution in [0.15, 0.2) is 72.8 Å². The summed E-state index contributed by atoms with van der Waals surface area (Å²) in [7, 11) is 0. The van der Waals surface area contributed by atoms with Gasteiger partial charge in [0.2, 0.25) is 0 Å². The number of carbonyl (C=O) groups is 1. The summed E-state index contributed by atoms with van der Waals surface area (Å²) >= 11 is 6.44. The number of rotatable bonds is 6. The normalized spacial score (nSPS) is 11.6. The van der Waals surface area contributed by atoms with Gasteiger partial charge in [0.1, 0.15) is 5.76 Å². The van der Waals surface area contributed by atoms with Crippen LogP contribution in [0.1, 0.15) is 40.9 Å². The summed E-state index contributed by atoms with van der Waals surface area (Å²) in [6.07, 6.45) is 1.80. The lowest BCUT2D eigenvalue weighted by molar-refractivity contribution is 0.103. The van der Waals surface area contributed by atoms with Crippen molar-refractivity contribution in [3.05, 3.63) is 100 Å². The lowest BCUT2D eigenvalue weighted by Crippen LogP contribution is -2.05. The SMILES string of the molecule is Cc1ccccc1C(=O)c1ccc(Nc2ccccc2C(O)=CC(C)C)cc1Cl. The molecule has 0 atom stereocenters. The number of hydrogen-bond acceptors (Lipinski definition) is 3. The Balaban J connectivity index is 1.89. The van der Waals surface area contributed by atoms with Gasteiger partial charge < -0.3 is 10.4 Å². The monoisotopic (exact) mass is 405 g/mol. The summed E-state index contributed by atoms with van der Waals surface area (Å²) in [5.74, 6) is 0.349. The third-order valence-corrected chi connectivity index (χ3v) is 4.89. The Morgan fingerprint density at radius 1 is 0.966 bits per heavy atom. The van der Waals surface area contributed by atoms with Crippen molar-refractivity contribution in [1.82, 2.24) is 0 Å². The standard InChI is InChI=1S/C25H24ClNO2/c1-16(2)14-24(28)21-10-6-7-11-23(21)27-18-12-13-20(22(26)15-18)25(29)19-9-5-4-8-17(19)3/h4-16,27-28H,1-3H3. The predicted octanol–water partition coefficient (Wildman–Crippen LogP) is 7.18. The zero-order valence-electron chi connectivity index (χ0n) is 16.7. The molecule has 0 saturated carbocycles. The van der Waals surface area contributed by atoms with E-state index in [9.17, 15) is 9.90 Å². The molecule has 3 aromatic rings. The van der Waals surface area contributed by atoms with Crippen LogP contribution in [0.4, 0.5) is 11.4 Å². The number of ketones is 1. The van der Waals surface area contributed by atoms with Crippen LogP contribution in [-0.2, 0) is 0 Å². The number of aryl methyl sites for hydroxylation is 1. The Morgan fingerprint density at radius 3 is 2.28 bits per heavy atom. The van der Waals surface area contributed by atoms with Crippen LogP contribution in [0.5, 0.6) is 0 Å². The minimum atomic E-state index is -0.0995. The van der Waals surface area contributed by atoms with E-state index in [0.29, 0.717) is 21.7 Å². The Morgan fingerprint density at radius 2 is 1.62 bits per heavy atom. The number of para-hydroxylation sites is 1. The van der Waals surface area contributed by atoms with Crippen molar-refractivity contribution in [2.45, 2.75) is 20.8 Å². The molecule has 0 aromatic heterocycles. The van der Waals surface area contributed by atoms with Gasteiger partial charge in [-0.05, 0) is 54.8 Å². The van der Waals surface area contributed by atoms with Gasteiger partial charge in [-0.2, -0.15) is 0 Å². The van der Waals surface area contributed by atoms with Gasteiger partial charge in [-0.25, -0.2) is 0 Å². The molecule has 0 unspecified atom stereocenters. The minimum Gasteiger partial charge on any atom is -0.508 e. The number of nitrogens with one attached hydrogen (secondary N) is 1. The van der Waals surface area contributed by atoms with Gasteiger partial charge >= 0.3 is 0 Å². The fourth-order valence-electron chi connectivity index (χ4n) is 3.13. The number of aliphatic hydroxyl groups is 1. The minimum absolute atomic E-state index is 0.0995. The molecule has 0 saturated heterocycles. The van der Waals surface area contributed by atoms with Crippen molar-refractivity contribution in [1.29, 1.82) is 0 Å². The van der Waals surface area contributed by atoms with Gasteiger partial charge in [-0.1, -0.05) is 61.8 Å². The molecule has 0 aliphatic rings. The van der Waals surface area contributed by atoms with Crippen molar-refractivity contribution >= 4 is 34.5 Å². The van der Waals surface area contributed by atoms with Crippen molar-refractivity contribution in [3.63, 3.8) is 0 Å². The van der Waals surface area contributed by atoms with Crippen LogP contribution in [0.3, 0.4) is 0 Å². The van der Waals surface area contributed by atoms with Gasteiger partial charge in [0.25, 0.3) is 0 Å². The van der Waals surface area contributed by atoms with Crippen molar-refractivity contribution in [3.8, 4) is 0 Å². The zero-order valence-corrected chi connectivity index (χ0v) is 17.5. The lowest BCUT2D eigenvalue weighted by atomic mass is 9.99. The maximum atomic E-state index is 12.9. The number of allylic oxidation sites excluding steroid dienone is 1. The average Bonchev–Trinajstić information content (AvgIpc) is 2.68. The van der Waals surface area contributed by atoms with Gasteiger partial charge in [0.15, 0.2) is 5.78 Å². The number of hydrogen-bond donors (Lipinski definition) is 2. The quantitative estimate of drug-likeness (QED) is 0.337. The van der Waals surface area contributed by atoms with Gasteiger partial charge in [-0.3, -0.25) is 4.79 Å². The Labute approximate surface area is 176 Å². The highest BCUT2D eigenvalue weighted by Gasteiger charge is 2.15. The molecule has 148 valence electrons. The van der Waals surface area contributed by atoms with E-state index in [2.05, 4.69) is 5.32 Å². The topological polar surface area (TPSA) is 49.3 Å². The molecule has 0 amide bonds. The van der Waals surface area contributed by atoms with Crippen LogP contribution in [0.25, 0.3) is 5.76 Å². The summed E-state index contributed by atoms with van der Waals surface area (Å²) in [5.41, 5.74) is 4.22. The lowest BCUT2D eigenvalue weighted by Gasteiger charge is -2.14. The van der Waals surface area contributed by atoms with Crippen molar-refractivity contribution < 1.29 is 9.90 Å². The van der Waals surface area contributed by atoms with Crippen LogP contribution in [0.2, 0.25) is 5.02 Å². The average molecular weight is 406 g/mol. The Bertz CT molecular complexity index is 1070. The van der Waals surface area contributed by atoms with Crippen molar-refractivity contribution in [2.75, 3.05) is 5.32 Å². The van der Waals surface area contributed by atoms with E-state index < -0.39 is 0 Å². The Hall–Kier alpha value is -3.04. The smallest absolute Gasteiger partial charge is 0.194 e. The highest BCUT2D eigenvalue weighted by molar-refractivity contribution is 6.35. The highest BCUT2D eigenvalue weighted by Crippen LogP contribution is 2.30. The van der Waals surface area contributed by atoms with Gasteiger partial charge in [0.05, 0.1) is 5.02 Å². The molecule has 0 bridgehead atoms. The molecule has 0 fully saturated rings. The molecular weight excluding hydrogens is 382 g/mol. The molecule has 2 N–H and O–H groups in total. The summed E-state index contributed by atoms with van der Waals surface area (Å²) in [5, 5.41) is 14.1. The van der Waals surface area contributed by atoms with Crippen molar-refractivity contribution in [2.24, 2.45) is 5.92 Å². The van der Waals surface area contributed by atoms with Crippen LogP contribution in [-0.4, -0.2) is 10.9 Å². The molecular formula is C25H24ClNO2. The van der Waals surface area contributed by atoms with E-state index in [1.807, 2.05) is 69.3 Å². The van der Waals surface area contributed by atoms with E-state index in [1.54, 1.807) is 24.3 Å². The number of aliphatic hydroxyl groups excluding tert-OH is 1. The second kappa shape index (κ2) is 8.97. The van der Waals surface area contributed by atoms with Crippen LogP contribution < -0.4 is 5.32 Å². The van der Waals surface area contributed by atoms with E-state index in [-0.39, 0.29) is 17.5 Å². The summed E-state index contributed by atoms with van der Waals surface area (Å²) in [4.78, 5) is 12.9. The maximum absolute atomic E-state index is 12.9. The second-order valence-electron chi connectivity index (χ2n) is 7.31. The van der Waals surface area contributed by atoms with E-state index in [0.717, 1.165) is 16.9 Å². The number of anilines is 2. The third-order valence-electron chi connectivity index (χ3n) is 4.58. The molecule has 0 aliphatic carbocycles. The fourth-order valence-corrected chi connectivity index (χ4v) is 3.39. The number of halogens is 1. The number of carbonyl (C=O) groups excluding carboxylic acids is 1. The van der Waals surface area contributed by atoms with Gasteiger partial charge in [-0.15, -0.1) is 0 Å². The molecule has 0 radical (unpaired) electrons. The zero-order chi connectivity index (χ0) is 21.0. The molecule has 3 nitrogen and oxygen atoms in total. The molecule has 3 aromatic carbocycles.